The second kappa shape index (κ2) is 14.0. The lowest BCUT2D eigenvalue weighted by Crippen LogP contribution is -2.26. The van der Waals surface area contributed by atoms with Crippen LogP contribution in [0.2, 0.25) is 0 Å². The molecule has 6 heteroatoms. The molecule has 0 spiro atoms. The predicted molar refractivity (Wildman–Crippen MR) is 111 cm³/mol. The monoisotopic (exact) mass is 361 g/mol. The number of hydrogen-bond acceptors (Lipinski definition) is 2. The summed E-state index contributed by atoms with van der Waals surface area (Å²) in [6.45, 7) is 2.97. The van der Waals surface area contributed by atoms with Crippen LogP contribution in [-0.2, 0) is 0 Å². The number of nitrogens with two attached hydrogens (primary N) is 3. The molecule has 1 rings (SSSR count). The molecule has 26 heavy (non-hydrogen) atoms. The highest BCUT2D eigenvalue weighted by molar-refractivity contribution is 5.93. The molecule has 0 amide bonds. The van der Waals surface area contributed by atoms with E-state index in [1.54, 1.807) is 0 Å². The number of ether oxygens (including phenoxy) is 1. The van der Waals surface area contributed by atoms with E-state index in [9.17, 15) is 0 Å². The molecule has 0 aliphatic heterocycles. The van der Waals surface area contributed by atoms with Crippen molar-refractivity contribution < 1.29 is 4.74 Å². The zero-order valence-corrected chi connectivity index (χ0v) is 16.1. The van der Waals surface area contributed by atoms with Crippen molar-refractivity contribution >= 4 is 17.6 Å². The molecule has 0 radical (unpaired) electrons. The smallest absolute Gasteiger partial charge is 0.223 e. The van der Waals surface area contributed by atoms with E-state index in [1.165, 1.54) is 57.8 Å². The lowest BCUT2D eigenvalue weighted by atomic mass is 10.1. The van der Waals surface area contributed by atoms with Gasteiger partial charge < -0.3 is 21.9 Å². The highest BCUT2D eigenvalue weighted by Gasteiger charge is 1.98. The van der Waals surface area contributed by atoms with Crippen molar-refractivity contribution in [3.8, 4) is 5.75 Å². The number of guanidine groups is 2. The van der Waals surface area contributed by atoms with Crippen molar-refractivity contribution in [1.82, 2.24) is 0 Å². The molecule has 1 aromatic rings. The second-order valence-electron chi connectivity index (χ2n) is 6.53. The molecule has 0 aromatic heterocycles. The van der Waals surface area contributed by atoms with Gasteiger partial charge in [-0.2, -0.15) is 4.99 Å². The first-order valence-corrected chi connectivity index (χ1v) is 9.78. The van der Waals surface area contributed by atoms with E-state index in [4.69, 9.17) is 21.9 Å². The van der Waals surface area contributed by atoms with Crippen LogP contribution in [0.15, 0.2) is 34.3 Å². The number of unbranched alkanes of at least 4 members (excludes halogenated alkanes) is 9. The Labute approximate surface area is 157 Å². The summed E-state index contributed by atoms with van der Waals surface area (Å²) < 4.78 is 5.79. The van der Waals surface area contributed by atoms with Crippen molar-refractivity contribution in [2.24, 2.45) is 27.2 Å². The van der Waals surface area contributed by atoms with Gasteiger partial charge in [0.2, 0.25) is 5.96 Å². The molecule has 0 atom stereocenters. The Kier molecular flexibility index (Phi) is 11.7. The fourth-order valence-electron chi connectivity index (χ4n) is 2.71. The van der Waals surface area contributed by atoms with Crippen LogP contribution in [0.1, 0.15) is 71.1 Å². The maximum atomic E-state index is 5.79. The molecule has 6 nitrogen and oxygen atoms in total. The summed E-state index contributed by atoms with van der Waals surface area (Å²) in [4.78, 5) is 7.82. The molecule has 0 aliphatic rings. The third-order valence-corrected chi connectivity index (χ3v) is 4.07. The predicted octanol–water partition coefficient (Wildman–Crippen LogP) is 4.21. The molecule has 0 saturated carbocycles. The molecule has 0 saturated heterocycles. The van der Waals surface area contributed by atoms with Gasteiger partial charge in [-0.25, -0.2) is 4.99 Å². The summed E-state index contributed by atoms with van der Waals surface area (Å²) in [5.74, 6) is 0.691. The first-order chi connectivity index (χ1) is 12.6. The lowest BCUT2D eigenvalue weighted by Gasteiger charge is -2.07. The van der Waals surface area contributed by atoms with E-state index in [0.29, 0.717) is 12.3 Å². The highest BCUT2D eigenvalue weighted by Crippen LogP contribution is 2.20. The molecular formula is C20H35N5O. The summed E-state index contributed by atoms with van der Waals surface area (Å²) in [7, 11) is 0. The molecule has 0 heterocycles. The van der Waals surface area contributed by atoms with Gasteiger partial charge in [0.1, 0.15) is 5.75 Å². The van der Waals surface area contributed by atoms with Crippen LogP contribution >= 0.6 is 0 Å². The molecular weight excluding hydrogens is 326 g/mol. The Hall–Kier alpha value is -2.24. The van der Waals surface area contributed by atoms with Gasteiger partial charge >= 0.3 is 0 Å². The van der Waals surface area contributed by atoms with Crippen molar-refractivity contribution in [3.63, 3.8) is 0 Å². The van der Waals surface area contributed by atoms with Gasteiger partial charge in [-0.1, -0.05) is 70.8 Å². The van der Waals surface area contributed by atoms with Gasteiger partial charge in [0.25, 0.3) is 0 Å². The second-order valence-corrected chi connectivity index (χ2v) is 6.53. The van der Waals surface area contributed by atoms with Crippen molar-refractivity contribution in [2.45, 2.75) is 71.1 Å². The van der Waals surface area contributed by atoms with Gasteiger partial charge in [0, 0.05) is 6.07 Å². The van der Waals surface area contributed by atoms with Crippen molar-refractivity contribution in [3.05, 3.63) is 24.3 Å². The van der Waals surface area contributed by atoms with E-state index in [-0.39, 0.29) is 11.9 Å². The summed E-state index contributed by atoms with van der Waals surface area (Å²) >= 11 is 0. The van der Waals surface area contributed by atoms with Gasteiger partial charge in [-0.05, 0) is 18.6 Å². The maximum absolute atomic E-state index is 5.79. The Morgan fingerprint density at radius 1 is 0.885 bits per heavy atom. The third-order valence-electron chi connectivity index (χ3n) is 4.07. The minimum absolute atomic E-state index is 0.0249. The minimum atomic E-state index is -0.111. The van der Waals surface area contributed by atoms with Crippen LogP contribution in [0.4, 0.5) is 5.69 Å². The number of benzene rings is 1. The van der Waals surface area contributed by atoms with Crippen molar-refractivity contribution in [2.75, 3.05) is 6.61 Å². The Morgan fingerprint density at radius 3 is 2.12 bits per heavy atom. The molecule has 6 N–H and O–H groups in total. The SMILES string of the molecule is CCCCCCCCCCCCOc1cccc(N=C(N)N=C(N)N)c1. The zero-order chi connectivity index (χ0) is 19.0. The van der Waals surface area contributed by atoms with E-state index in [1.807, 2.05) is 24.3 Å². The first-order valence-electron chi connectivity index (χ1n) is 9.78. The first kappa shape index (κ1) is 21.8. The number of aliphatic imine (C=N–C) groups is 2. The normalized spacial score (nSPS) is 11.3. The zero-order valence-electron chi connectivity index (χ0n) is 16.1. The van der Waals surface area contributed by atoms with Gasteiger partial charge in [-0.15, -0.1) is 0 Å². The quantitative estimate of drug-likeness (QED) is 0.277. The summed E-state index contributed by atoms with van der Waals surface area (Å²) in [5, 5.41) is 0. The minimum Gasteiger partial charge on any atom is -0.494 e. The molecule has 0 bridgehead atoms. The van der Waals surface area contributed by atoms with Crippen LogP contribution in [-0.4, -0.2) is 18.5 Å². The molecule has 146 valence electrons. The number of rotatable bonds is 13. The number of nitrogens with zero attached hydrogens (tertiary/aromatic N) is 2. The lowest BCUT2D eigenvalue weighted by molar-refractivity contribution is 0.304. The van der Waals surface area contributed by atoms with Gasteiger partial charge in [0.05, 0.1) is 12.3 Å². The van der Waals surface area contributed by atoms with Crippen LogP contribution in [0.25, 0.3) is 0 Å². The molecule has 0 aliphatic carbocycles. The summed E-state index contributed by atoms with van der Waals surface area (Å²) in [6, 6.07) is 7.43. The molecule has 0 unspecified atom stereocenters. The van der Waals surface area contributed by atoms with Crippen LogP contribution < -0.4 is 21.9 Å². The van der Waals surface area contributed by atoms with E-state index >= 15 is 0 Å². The molecule has 1 aromatic carbocycles. The average molecular weight is 362 g/mol. The standard InChI is InChI=1S/C20H35N5O/c1-2-3-4-5-6-7-8-9-10-11-15-26-18-14-12-13-17(16-18)24-20(23)25-19(21)22/h12-14,16H,2-11,15H2,1H3,(H6,21,22,23,24,25). The fourth-order valence-corrected chi connectivity index (χ4v) is 2.71. The summed E-state index contributed by atoms with van der Waals surface area (Å²) in [6.07, 6.45) is 13.1. The Morgan fingerprint density at radius 2 is 1.50 bits per heavy atom. The van der Waals surface area contributed by atoms with Crippen molar-refractivity contribution in [1.29, 1.82) is 0 Å². The fraction of sp³-hybridized carbons (Fsp3) is 0.600. The van der Waals surface area contributed by atoms with Gasteiger partial charge in [-0.3, -0.25) is 0 Å². The third kappa shape index (κ3) is 11.3. The summed E-state index contributed by atoms with van der Waals surface area (Å²) in [5.41, 5.74) is 16.8. The Balaban J connectivity index is 2.16. The van der Waals surface area contributed by atoms with Crippen LogP contribution in [0, 0.1) is 0 Å². The Bertz CT molecular complexity index is 553. The van der Waals surface area contributed by atoms with Crippen LogP contribution in [0.3, 0.4) is 0 Å². The van der Waals surface area contributed by atoms with E-state index < -0.39 is 0 Å². The highest BCUT2D eigenvalue weighted by atomic mass is 16.5. The van der Waals surface area contributed by atoms with Gasteiger partial charge in [0.15, 0.2) is 5.96 Å². The average Bonchev–Trinajstić information content (AvgIpc) is 2.59. The maximum Gasteiger partial charge on any atom is 0.223 e. The topological polar surface area (TPSA) is 112 Å². The number of hydrogen-bond donors (Lipinski definition) is 3. The largest absolute Gasteiger partial charge is 0.494 e. The molecule has 0 fully saturated rings. The van der Waals surface area contributed by atoms with E-state index in [2.05, 4.69) is 16.9 Å². The van der Waals surface area contributed by atoms with Crippen LogP contribution in [0.5, 0.6) is 5.75 Å². The van der Waals surface area contributed by atoms with E-state index in [0.717, 1.165) is 12.2 Å².